The monoisotopic (exact) mass is 1920 g/mol. The van der Waals surface area contributed by atoms with Gasteiger partial charge in [0.2, 0.25) is 0 Å². The highest BCUT2D eigenvalue weighted by atomic mass is 28.3. The number of rotatable bonds is 58. The standard InChI is InChI=1S/C46H83N3O10Si4.C30H43N3O10.4C2H4.16CH4/c1-14-19-43-36-49(48-47-43)44(37-58-45(39-54-28-24-50-20-15-32-60(2,3)4)40-55-29-25-51-21-16-33-61(5,6)7)38-59-46(41-56-30-26-52-22-17-34-62(8,9)10)42-57-31-27-53-23-18-35-63(11,12)13;1-6-11-16-36-40-23-29(24-41-37-17-12-7-2)34-21-28(33-20-27(15-10-5)31-32-33)22-35-30(25-42-38-18-13-8-3)26-43-39-19-14-9-4;4*1-2;;;;;;;;;;;;;;;;/h36,44-46H,14,19-31,37-42H2,1-13H3;20,28-30H,10,15-19,21-26H2,1-5H3;4*1-2H2;16*1H4. The quantitative estimate of drug-likeness (QED) is 0.0149. The first kappa shape index (κ1) is 173. The fourth-order valence-electron chi connectivity index (χ4n) is 7.79. The van der Waals surface area contributed by atoms with Crippen LogP contribution in [0.3, 0.4) is 0 Å². The summed E-state index contributed by atoms with van der Waals surface area (Å²) in [5.41, 5.74) is 15.0. The molecule has 2 rings (SSSR count). The zero-order valence-electron chi connectivity index (χ0n) is 72.8. The first-order valence-corrected chi connectivity index (χ1v) is 52.4. The van der Waals surface area contributed by atoms with Crippen LogP contribution in [0.5, 0.6) is 0 Å². The van der Waals surface area contributed by atoms with Crippen LogP contribution in [0, 0.1) is 93.2 Å². The molecule has 0 bridgehead atoms. The molecule has 772 valence electrons. The topological polar surface area (TPSA) is 246 Å². The predicted molar refractivity (Wildman–Crippen MR) is 570 cm³/mol. The second-order valence-corrected chi connectivity index (χ2v) is 46.6. The van der Waals surface area contributed by atoms with E-state index >= 15 is 0 Å². The van der Waals surface area contributed by atoms with E-state index in [1.165, 1.54) is 0 Å². The molecule has 0 spiro atoms. The van der Waals surface area contributed by atoms with Crippen LogP contribution in [-0.4, -0.2) is 272 Å². The molecule has 2 heterocycles. The van der Waals surface area contributed by atoms with Gasteiger partial charge in [0.15, 0.2) is 0 Å². The van der Waals surface area contributed by atoms with Gasteiger partial charge in [0.05, 0.1) is 117 Å². The highest BCUT2D eigenvalue weighted by Gasteiger charge is 2.25. The first-order valence-electron chi connectivity index (χ1n) is 38.4. The van der Waals surface area contributed by atoms with Gasteiger partial charge in [-0.05, 0) is 40.5 Å². The van der Waals surface area contributed by atoms with Crippen molar-refractivity contribution in [3.63, 3.8) is 0 Å². The Labute approximate surface area is 809 Å². The zero-order chi connectivity index (χ0) is 86.1. The predicted octanol–water partition coefficient (Wildman–Crippen LogP) is 22.0. The van der Waals surface area contributed by atoms with Crippen molar-refractivity contribution >= 4 is 32.3 Å². The molecule has 0 aromatic carbocycles. The molecule has 0 amide bonds. The third-order valence-electron chi connectivity index (χ3n) is 12.8. The summed E-state index contributed by atoms with van der Waals surface area (Å²) in [5.74, 6) is 34.4. The zero-order valence-corrected chi connectivity index (χ0v) is 76.8. The molecule has 0 fully saturated rings. The Morgan fingerprint density at radius 3 is 0.646 bits per heavy atom. The minimum atomic E-state index is -1.44. The number of aromatic nitrogens is 6. The van der Waals surface area contributed by atoms with E-state index in [4.69, 9.17) is 95.9 Å². The highest BCUT2D eigenvalue weighted by Crippen LogP contribution is 2.16. The summed E-state index contributed by atoms with van der Waals surface area (Å²) >= 11 is 0. The van der Waals surface area contributed by atoms with Crippen molar-refractivity contribution in [2.45, 2.75) is 301 Å². The lowest BCUT2D eigenvalue weighted by molar-refractivity contribution is -0.330. The largest absolute Gasteiger partial charge is 0.376 e. The summed E-state index contributed by atoms with van der Waals surface area (Å²) in [7, 11) is -5.75. The van der Waals surface area contributed by atoms with Gasteiger partial charge in [0.1, 0.15) is 148 Å². The number of nitrogens with zero attached hydrogens (tertiary/aromatic N) is 6. The second-order valence-electron chi connectivity index (χ2n) is 27.6. The van der Waals surface area contributed by atoms with Gasteiger partial charge < -0.3 is 56.8 Å². The lowest BCUT2D eigenvalue weighted by Crippen LogP contribution is -2.34. The number of hydrogen-bond acceptors (Lipinski definition) is 24. The summed E-state index contributed by atoms with van der Waals surface area (Å²) in [5, 5.41) is 17.5. The molecule has 30 heteroatoms. The molecule has 0 aliphatic carbocycles. The number of aryl methyl sites for hydroxylation is 2. The van der Waals surface area contributed by atoms with E-state index < -0.39 is 44.5 Å². The van der Waals surface area contributed by atoms with Crippen molar-refractivity contribution in [3.8, 4) is 93.2 Å². The molecule has 2 aromatic rings. The highest BCUT2D eigenvalue weighted by molar-refractivity contribution is 6.85. The van der Waals surface area contributed by atoms with E-state index in [9.17, 15) is 0 Å². The third kappa shape index (κ3) is 120. The molecule has 2 aromatic heterocycles. The molecule has 0 aliphatic heterocycles. The fourth-order valence-corrected chi connectivity index (χ4v) is 10.2. The molecular weight excluding hydrogens is 1720 g/mol. The maximum absolute atomic E-state index is 6.51. The van der Waals surface area contributed by atoms with Crippen molar-refractivity contribution in [2.24, 2.45) is 0 Å². The Morgan fingerprint density at radius 1 is 0.269 bits per heavy atom. The number of hydrogen-bond donors (Lipinski definition) is 0. The molecule has 0 aliphatic rings. The Morgan fingerprint density at radius 2 is 0.462 bits per heavy atom. The molecule has 0 radical (unpaired) electrons. The molecule has 26 nitrogen and oxygen atoms in total. The van der Waals surface area contributed by atoms with Gasteiger partial charge in [0.25, 0.3) is 0 Å². The van der Waals surface area contributed by atoms with Gasteiger partial charge in [-0.1, -0.05) is 282 Å². The maximum atomic E-state index is 6.51. The molecule has 130 heavy (non-hydrogen) atoms. The average molecular weight is 1930 g/mol. The molecule has 0 saturated heterocycles. The van der Waals surface area contributed by atoms with Crippen molar-refractivity contribution in [3.05, 3.63) is 76.4 Å². The van der Waals surface area contributed by atoms with E-state index in [0.29, 0.717) is 106 Å². The van der Waals surface area contributed by atoms with Crippen molar-refractivity contribution in [1.82, 2.24) is 30.0 Å². The Hall–Kier alpha value is -6.21. The minimum Gasteiger partial charge on any atom is -0.376 e. The summed E-state index contributed by atoms with van der Waals surface area (Å²) in [6.45, 7) is 69.2. The van der Waals surface area contributed by atoms with Crippen LogP contribution in [0.15, 0.2) is 65.0 Å². The SMILES string of the molecule is C.C.C.C.C.C.C.C.C.C.C.C.C.C.C.C.C=C.C=C.C=C.C=C.CC#CCOOCC(COOCC#CC)OCC(COC(COOCC#CC)COOCC#CC)n1cc(CCC)nn1.CCCc1cn(C(COC(COCCOCC#C[Si](C)(C)C)COCCOCC#C[Si](C)(C)C)COC(COCCOCC#C[Si](C)(C)C)COCCOCC#C[Si](C)(C)C)nn1. The van der Waals surface area contributed by atoms with Crippen LogP contribution in [0.25, 0.3) is 0 Å². The summed E-state index contributed by atoms with van der Waals surface area (Å²) in [6, 6.07) is -0.697. The molecule has 0 atom stereocenters. The van der Waals surface area contributed by atoms with E-state index in [-0.39, 0.29) is 222 Å². The van der Waals surface area contributed by atoms with E-state index in [0.717, 1.165) is 37.1 Å². The first-order chi connectivity index (χ1) is 54.9. The van der Waals surface area contributed by atoms with Gasteiger partial charge in [0, 0.05) is 12.4 Å². The van der Waals surface area contributed by atoms with Crippen molar-refractivity contribution in [2.75, 3.05) is 185 Å². The fraction of sp³-hybridized carbons (Fsp3) is 0.720. The van der Waals surface area contributed by atoms with Gasteiger partial charge >= 0.3 is 0 Å². The van der Waals surface area contributed by atoms with Crippen LogP contribution in [-0.2, 0) is 109 Å². The molecule has 0 saturated carbocycles. The van der Waals surface area contributed by atoms with Crippen LogP contribution >= 0.6 is 0 Å². The van der Waals surface area contributed by atoms with Crippen LogP contribution in [0.4, 0.5) is 0 Å². The van der Waals surface area contributed by atoms with Crippen LogP contribution in [0.1, 0.15) is 197 Å². The van der Waals surface area contributed by atoms with Crippen LogP contribution < -0.4 is 0 Å². The Kier molecular flexibility index (Phi) is 164. The smallest absolute Gasteiger partial charge is 0.143 e. The number of ether oxygens (including phenoxy) is 12. The molecule has 0 N–H and O–H groups in total. The summed E-state index contributed by atoms with van der Waals surface area (Å²) in [4.78, 5) is 41.3. The minimum absolute atomic E-state index is 0. The van der Waals surface area contributed by atoms with Gasteiger partial charge in [-0.3, -0.25) is 0 Å². The van der Waals surface area contributed by atoms with Crippen LogP contribution in [0.2, 0.25) is 78.6 Å². The average Bonchev–Trinajstić information content (AvgIpc) is 1.73. The maximum Gasteiger partial charge on any atom is 0.143 e. The van der Waals surface area contributed by atoms with E-state index in [1.807, 2.05) is 17.1 Å². The van der Waals surface area contributed by atoms with E-state index in [1.54, 1.807) is 32.4 Å². The lowest BCUT2D eigenvalue weighted by Gasteiger charge is -2.25. The van der Waals surface area contributed by atoms with Gasteiger partial charge in [-0.25, -0.2) is 48.5 Å². The van der Waals surface area contributed by atoms with Gasteiger partial charge in [-0.15, -0.1) is 109 Å². The lowest BCUT2D eigenvalue weighted by atomic mass is 10.2. The molecular formula is C100H206N6O20Si4. The second kappa shape index (κ2) is 123. The molecule has 0 unspecified atom stereocenters. The van der Waals surface area contributed by atoms with Crippen molar-refractivity contribution in [1.29, 1.82) is 0 Å². The van der Waals surface area contributed by atoms with E-state index in [2.05, 4.69) is 259 Å². The third-order valence-corrected chi connectivity index (χ3v) is 16.5. The van der Waals surface area contributed by atoms with Crippen molar-refractivity contribution < 1.29 is 95.9 Å². The normalized spacial score (nSPS) is 9.48. The Bertz CT molecular complexity index is 2850. The summed E-state index contributed by atoms with van der Waals surface area (Å²) in [6.07, 6.45) is 5.44. The summed E-state index contributed by atoms with van der Waals surface area (Å²) < 4.78 is 75.6. The Balaban J connectivity index is -0.0000000896. The van der Waals surface area contributed by atoms with Gasteiger partial charge in [-0.2, -0.15) is 0 Å².